The number of hydrogen-bond donors (Lipinski definition) is 0. The van der Waals surface area contributed by atoms with E-state index >= 15 is 0 Å². The summed E-state index contributed by atoms with van der Waals surface area (Å²) < 4.78 is 0. The van der Waals surface area contributed by atoms with E-state index in [9.17, 15) is 0 Å². The van der Waals surface area contributed by atoms with Crippen molar-refractivity contribution in [3.05, 3.63) is 53.1 Å². The second kappa shape index (κ2) is 6.97. The van der Waals surface area contributed by atoms with Crippen LogP contribution in [0.3, 0.4) is 0 Å². The van der Waals surface area contributed by atoms with Gasteiger partial charge in [0.15, 0.2) is 0 Å². The zero-order valence-corrected chi connectivity index (χ0v) is 15.9. The summed E-state index contributed by atoms with van der Waals surface area (Å²) >= 11 is 0. The van der Waals surface area contributed by atoms with Gasteiger partial charge in [-0.25, -0.2) is 0 Å². The van der Waals surface area contributed by atoms with E-state index in [1.165, 1.54) is 33.1 Å². The highest BCUT2D eigenvalue weighted by Crippen LogP contribution is 2.38. The zero-order chi connectivity index (χ0) is 16.4. The summed E-state index contributed by atoms with van der Waals surface area (Å²) in [5, 5.41) is 1.28. The Morgan fingerprint density at radius 1 is 0.727 bits per heavy atom. The molecule has 1 atom stereocenters. The highest BCUT2D eigenvalue weighted by atomic mass is 31.0. The smallest absolute Gasteiger partial charge is 0.0107 e. The maximum absolute atomic E-state index is 2.90. The molecule has 0 fully saturated rings. The minimum Gasteiger partial charge on any atom is -0.105 e. The Labute approximate surface area is 138 Å². The largest absolute Gasteiger partial charge is 0.105 e. The molecule has 0 spiro atoms. The predicted molar refractivity (Wildman–Crippen MR) is 103 cm³/mol. The van der Waals surface area contributed by atoms with E-state index in [4.69, 9.17) is 0 Å². The van der Waals surface area contributed by atoms with Crippen LogP contribution in [0.1, 0.15) is 76.0 Å². The lowest BCUT2D eigenvalue weighted by Gasteiger charge is -2.24. The molecule has 0 bridgehead atoms. The maximum atomic E-state index is 2.90. The van der Waals surface area contributed by atoms with Crippen LogP contribution in [0, 0.1) is 0 Å². The van der Waals surface area contributed by atoms with Crippen LogP contribution in [0.4, 0.5) is 0 Å². The fourth-order valence-corrected chi connectivity index (χ4v) is 3.34. The molecule has 0 aromatic heterocycles. The standard InChI is InChI=1S/C21H29P/c1-13(2)16-11-18(14(3)4)21(19(12-16)15(5)6)17-9-7-8-10-20(17)22/h7-15H,22H2,1-6H3. The average molecular weight is 312 g/mol. The van der Waals surface area contributed by atoms with Crippen molar-refractivity contribution < 1.29 is 0 Å². The van der Waals surface area contributed by atoms with Gasteiger partial charge in [0.25, 0.3) is 0 Å². The molecule has 0 amide bonds. The minimum absolute atomic E-state index is 0.524. The van der Waals surface area contributed by atoms with Gasteiger partial charge in [-0.15, -0.1) is 9.24 Å². The van der Waals surface area contributed by atoms with Gasteiger partial charge in [0.05, 0.1) is 0 Å². The molecule has 0 radical (unpaired) electrons. The summed E-state index contributed by atoms with van der Waals surface area (Å²) in [4.78, 5) is 0. The van der Waals surface area contributed by atoms with Crippen molar-refractivity contribution in [3.63, 3.8) is 0 Å². The van der Waals surface area contributed by atoms with Crippen molar-refractivity contribution in [1.82, 2.24) is 0 Å². The van der Waals surface area contributed by atoms with Crippen LogP contribution in [-0.4, -0.2) is 0 Å². The molecule has 22 heavy (non-hydrogen) atoms. The first-order valence-electron chi connectivity index (χ1n) is 8.35. The van der Waals surface area contributed by atoms with Crippen LogP contribution in [0.5, 0.6) is 0 Å². The second-order valence-electron chi connectivity index (χ2n) is 7.13. The van der Waals surface area contributed by atoms with E-state index in [0.717, 1.165) is 0 Å². The van der Waals surface area contributed by atoms with Gasteiger partial charge in [-0.2, -0.15) is 0 Å². The average Bonchev–Trinajstić information content (AvgIpc) is 2.46. The highest BCUT2D eigenvalue weighted by Gasteiger charge is 2.19. The van der Waals surface area contributed by atoms with Gasteiger partial charge in [-0.05, 0) is 50.9 Å². The van der Waals surface area contributed by atoms with Crippen LogP contribution in [-0.2, 0) is 0 Å². The van der Waals surface area contributed by atoms with Gasteiger partial charge >= 0.3 is 0 Å². The monoisotopic (exact) mass is 312 g/mol. The third-order valence-corrected chi connectivity index (χ3v) is 4.87. The molecule has 2 rings (SSSR count). The molecule has 0 aliphatic carbocycles. The van der Waals surface area contributed by atoms with Crippen molar-refractivity contribution in [1.29, 1.82) is 0 Å². The Morgan fingerprint density at radius 2 is 1.23 bits per heavy atom. The quantitative estimate of drug-likeness (QED) is 0.587. The van der Waals surface area contributed by atoms with E-state index < -0.39 is 0 Å². The molecule has 0 nitrogen and oxygen atoms in total. The van der Waals surface area contributed by atoms with E-state index in [1.807, 2.05) is 0 Å². The van der Waals surface area contributed by atoms with Crippen molar-refractivity contribution >= 4 is 14.5 Å². The van der Waals surface area contributed by atoms with Crippen molar-refractivity contribution in [2.45, 2.75) is 59.3 Å². The van der Waals surface area contributed by atoms with Crippen molar-refractivity contribution in [2.24, 2.45) is 0 Å². The zero-order valence-electron chi connectivity index (χ0n) is 14.8. The Kier molecular flexibility index (Phi) is 5.45. The molecule has 0 heterocycles. The van der Waals surface area contributed by atoms with Crippen LogP contribution in [0.2, 0.25) is 0 Å². The summed E-state index contributed by atoms with van der Waals surface area (Å²) in [7, 11) is 2.90. The molecule has 0 aliphatic rings. The fourth-order valence-electron chi connectivity index (χ4n) is 2.99. The lowest BCUT2D eigenvalue weighted by atomic mass is 9.82. The van der Waals surface area contributed by atoms with Crippen molar-refractivity contribution in [3.8, 4) is 11.1 Å². The number of hydrogen-bond acceptors (Lipinski definition) is 0. The topological polar surface area (TPSA) is 0 Å². The lowest BCUT2D eigenvalue weighted by molar-refractivity contribution is 0.808. The lowest BCUT2D eigenvalue weighted by Crippen LogP contribution is -2.07. The van der Waals surface area contributed by atoms with Gasteiger partial charge in [-0.1, -0.05) is 77.9 Å². The van der Waals surface area contributed by atoms with Crippen LogP contribution in [0.15, 0.2) is 36.4 Å². The molecule has 0 N–H and O–H groups in total. The first-order valence-corrected chi connectivity index (χ1v) is 8.93. The summed E-state index contributed by atoms with van der Waals surface area (Å²) in [5.74, 6) is 1.61. The number of rotatable bonds is 4. The third kappa shape index (κ3) is 3.44. The molecule has 1 heteroatoms. The van der Waals surface area contributed by atoms with E-state index in [1.54, 1.807) is 0 Å². The van der Waals surface area contributed by atoms with E-state index in [0.29, 0.717) is 17.8 Å². The summed E-state index contributed by atoms with van der Waals surface area (Å²) in [6.07, 6.45) is 0. The molecule has 0 saturated carbocycles. The summed E-state index contributed by atoms with van der Waals surface area (Å²) in [6.45, 7) is 13.8. The number of benzene rings is 2. The third-order valence-electron chi connectivity index (χ3n) is 4.36. The van der Waals surface area contributed by atoms with Gasteiger partial charge in [0.2, 0.25) is 0 Å². The van der Waals surface area contributed by atoms with Gasteiger partial charge in [0.1, 0.15) is 0 Å². The SMILES string of the molecule is CC(C)c1cc(C(C)C)c(-c2ccccc2P)c(C(C)C)c1. The molecule has 2 aromatic rings. The Morgan fingerprint density at radius 3 is 1.64 bits per heavy atom. The summed E-state index contributed by atoms with van der Waals surface area (Å²) in [5.41, 5.74) is 7.21. The maximum Gasteiger partial charge on any atom is -0.0107 e. The first-order chi connectivity index (χ1) is 10.3. The Balaban J connectivity index is 2.83. The molecule has 2 aromatic carbocycles. The van der Waals surface area contributed by atoms with Crippen LogP contribution in [0.25, 0.3) is 11.1 Å². The molecular formula is C21H29P. The first kappa shape index (κ1) is 17.2. The van der Waals surface area contributed by atoms with E-state index in [-0.39, 0.29) is 0 Å². The van der Waals surface area contributed by atoms with Gasteiger partial charge < -0.3 is 0 Å². The van der Waals surface area contributed by atoms with Crippen LogP contribution < -0.4 is 5.30 Å². The highest BCUT2D eigenvalue weighted by molar-refractivity contribution is 7.28. The Hall–Kier alpha value is -1.13. The molecule has 0 saturated heterocycles. The molecule has 1 unspecified atom stereocenters. The van der Waals surface area contributed by atoms with Gasteiger partial charge in [0, 0.05) is 0 Å². The van der Waals surface area contributed by atoms with E-state index in [2.05, 4.69) is 87.2 Å². The van der Waals surface area contributed by atoms with Crippen LogP contribution >= 0.6 is 9.24 Å². The second-order valence-corrected chi connectivity index (χ2v) is 7.75. The fraction of sp³-hybridized carbons (Fsp3) is 0.429. The normalized spacial score (nSPS) is 11.7. The molecule has 118 valence electrons. The Bertz CT molecular complexity index is 622. The molecular weight excluding hydrogens is 283 g/mol. The van der Waals surface area contributed by atoms with Gasteiger partial charge in [-0.3, -0.25) is 0 Å². The predicted octanol–water partition coefficient (Wildman–Crippen LogP) is 6.22. The molecule has 0 aliphatic heterocycles. The summed E-state index contributed by atoms with van der Waals surface area (Å²) in [6, 6.07) is 13.5. The minimum atomic E-state index is 0.524. The van der Waals surface area contributed by atoms with Crippen molar-refractivity contribution in [2.75, 3.05) is 0 Å².